The van der Waals surface area contributed by atoms with Crippen LogP contribution in [-0.4, -0.2) is 67.8 Å². The molecule has 1 aliphatic heterocycles. The van der Waals surface area contributed by atoms with Crippen LogP contribution in [0.1, 0.15) is 37.3 Å². The minimum Gasteiger partial charge on any atom is -0.382 e. The first-order valence-electron chi connectivity index (χ1n) is 9.27. The van der Waals surface area contributed by atoms with Gasteiger partial charge in [-0.25, -0.2) is 0 Å². The number of halogens is 1. The van der Waals surface area contributed by atoms with Crippen molar-refractivity contribution in [2.45, 2.75) is 45.1 Å². The summed E-state index contributed by atoms with van der Waals surface area (Å²) in [7, 11) is 3.46. The quantitative estimate of drug-likeness (QED) is 0.228. The highest BCUT2D eigenvalue weighted by molar-refractivity contribution is 14.0. The molecule has 0 amide bonds. The number of aromatic nitrogens is 3. The molecule has 0 aliphatic carbocycles. The molecule has 0 fully saturated rings. The van der Waals surface area contributed by atoms with Crippen molar-refractivity contribution < 1.29 is 9.47 Å². The first kappa shape index (κ1) is 23.1. The van der Waals surface area contributed by atoms with Gasteiger partial charge in [-0.15, -0.1) is 34.2 Å². The summed E-state index contributed by atoms with van der Waals surface area (Å²) in [6, 6.07) is 0. The summed E-state index contributed by atoms with van der Waals surface area (Å²) in [5.41, 5.74) is 0. The number of nitrogens with one attached hydrogen (secondary N) is 2. The summed E-state index contributed by atoms with van der Waals surface area (Å²) < 4.78 is 12.7. The number of methoxy groups -OCH3 is 1. The summed E-state index contributed by atoms with van der Waals surface area (Å²) in [4.78, 5) is 4.25. The molecule has 0 atom stereocenters. The zero-order chi connectivity index (χ0) is 17.7. The first-order chi connectivity index (χ1) is 12.3. The van der Waals surface area contributed by atoms with Gasteiger partial charge in [0.25, 0.3) is 0 Å². The summed E-state index contributed by atoms with van der Waals surface area (Å²) in [6.45, 7) is 4.68. The van der Waals surface area contributed by atoms with Gasteiger partial charge >= 0.3 is 0 Å². The normalized spacial score (nSPS) is 14.3. The molecular weight excluding hydrogens is 447 g/mol. The molecule has 26 heavy (non-hydrogen) atoms. The maximum atomic E-state index is 5.44. The van der Waals surface area contributed by atoms with Crippen molar-refractivity contribution in [3.05, 3.63) is 11.6 Å². The van der Waals surface area contributed by atoms with Crippen LogP contribution in [0.2, 0.25) is 0 Å². The second-order valence-electron chi connectivity index (χ2n) is 6.13. The second kappa shape index (κ2) is 14.2. The van der Waals surface area contributed by atoms with Gasteiger partial charge in [0.2, 0.25) is 0 Å². The van der Waals surface area contributed by atoms with Gasteiger partial charge < -0.3 is 24.7 Å². The van der Waals surface area contributed by atoms with Gasteiger partial charge in [0.15, 0.2) is 5.96 Å². The predicted octanol–water partition coefficient (Wildman–Crippen LogP) is 1.38. The van der Waals surface area contributed by atoms with Gasteiger partial charge in [0, 0.05) is 53.2 Å². The molecule has 0 bridgehead atoms. The molecule has 2 N–H and O–H groups in total. The number of aryl methyl sites for hydroxylation is 1. The molecule has 0 unspecified atom stereocenters. The zero-order valence-corrected chi connectivity index (χ0v) is 18.3. The van der Waals surface area contributed by atoms with Crippen LogP contribution >= 0.6 is 24.0 Å². The number of rotatable bonds is 10. The molecule has 0 radical (unpaired) electrons. The van der Waals surface area contributed by atoms with Crippen molar-refractivity contribution >= 4 is 29.9 Å². The van der Waals surface area contributed by atoms with Crippen molar-refractivity contribution in [1.29, 1.82) is 0 Å². The number of fused-ring (bicyclic) bond motifs is 1. The van der Waals surface area contributed by atoms with Gasteiger partial charge in [-0.2, -0.15) is 0 Å². The molecule has 150 valence electrons. The Kier molecular flexibility index (Phi) is 12.6. The van der Waals surface area contributed by atoms with E-state index in [1.165, 1.54) is 19.3 Å². The Morgan fingerprint density at radius 2 is 1.96 bits per heavy atom. The highest BCUT2D eigenvalue weighted by Crippen LogP contribution is 2.14. The average Bonchev–Trinajstić information content (AvgIpc) is 2.86. The minimum atomic E-state index is 0. The molecule has 2 heterocycles. The lowest BCUT2D eigenvalue weighted by molar-refractivity contribution is 0.0698. The Morgan fingerprint density at radius 3 is 2.77 bits per heavy atom. The lowest BCUT2D eigenvalue weighted by Crippen LogP contribution is -2.39. The smallest absolute Gasteiger partial charge is 0.190 e. The topological polar surface area (TPSA) is 85.6 Å². The Bertz CT molecular complexity index is 523. The highest BCUT2D eigenvalue weighted by atomic mass is 127. The maximum Gasteiger partial charge on any atom is 0.190 e. The molecule has 0 saturated carbocycles. The molecule has 9 heteroatoms. The Balaban J connectivity index is 0.00000338. The predicted molar refractivity (Wildman–Crippen MR) is 113 cm³/mol. The molecule has 8 nitrogen and oxygen atoms in total. The lowest BCUT2D eigenvalue weighted by atomic mass is 10.2. The zero-order valence-electron chi connectivity index (χ0n) is 16.0. The van der Waals surface area contributed by atoms with Gasteiger partial charge in [-0.1, -0.05) is 6.42 Å². The summed E-state index contributed by atoms with van der Waals surface area (Å²) in [5, 5.41) is 15.3. The van der Waals surface area contributed by atoms with Crippen molar-refractivity contribution in [2.75, 3.05) is 47.1 Å². The fourth-order valence-electron chi connectivity index (χ4n) is 2.87. The molecule has 0 aromatic carbocycles. The fourth-order valence-corrected chi connectivity index (χ4v) is 2.87. The molecular formula is C17H33IN6O2. The second-order valence-corrected chi connectivity index (χ2v) is 6.13. The van der Waals surface area contributed by atoms with Crippen LogP contribution in [0.5, 0.6) is 0 Å². The van der Waals surface area contributed by atoms with E-state index in [1.54, 1.807) is 14.2 Å². The SMILES string of the molecule is CN=C(NCCCOCCOC)NCCc1nnc2n1CCCCC2.I. The Labute approximate surface area is 173 Å². The molecule has 1 aromatic rings. The van der Waals surface area contributed by atoms with E-state index in [2.05, 4.69) is 30.4 Å². The lowest BCUT2D eigenvalue weighted by Gasteiger charge is -2.12. The van der Waals surface area contributed by atoms with E-state index in [0.29, 0.717) is 13.2 Å². The number of ether oxygens (including phenoxy) is 2. The molecule has 0 saturated heterocycles. The molecule has 2 rings (SSSR count). The van der Waals surface area contributed by atoms with E-state index in [-0.39, 0.29) is 24.0 Å². The number of aliphatic imine (C=N–C) groups is 1. The largest absolute Gasteiger partial charge is 0.382 e. The third-order valence-electron chi connectivity index (χ3n) is 4.24. The van der Waals surface area contributed by atoms with Crippen molar-refractivity contribution in [2.24, 2.45) is 4.99 Å². The van der Waals surface area contributed by atoms with Crippen molar-refractivity contribution in [3.8, 4) is 0 Å². The van der Waals surface area contributed by atoms with Crippen LogP contribution in [-0.2, 0) is 28.9 Å². The fraction of sp³-hybridized carbons (Fsp3) is 0.824. The Morgan fingerprint density at radius 1 is 1.12 bits per heavy atom. The van der Waals surface area contributed by atoms with E-state index in [1.807, 2.05) is 0 Å². The van der Waals surface area contributed by atoms with Crippen LogP contribution in [0.4, 0.5) is 0 Å². The van der Waals surface area contributed by atoms with E-state index in [9.17, 15) is 0 Å². The number of guanidine groups is 1. The summed E-state index contributed by atoms with van der Waals surface area (Å²) in [5.74, 6) is 3.03. The van der Waals surface area contributed by atoms with Gasteiger partial charge in [0.05, 0.1) is 13.2 Å². The van der Waals surface area contributed by atoms with E-state index >= 15 is 0 Å². The Hall–Kier alpha value is -0.940. The van der Waals surface area contributed by atoms with Gasteiger partial charge in [0.1, 0.15) is 11.6 Å². The van der Waals surface area contributed by atoms with Crippen molar-refractivity contribution in [1.82, 2.24) is 25.4 Å². The minimum absolute atomic E-state index is 0. The average molecular weight is 480 g/mol. The maximum absolute atomic E-state index is 5.44. The third kappa shape index (κ3) is 8.17. The highest BCUT2D eigenvalue weighted by Gasteiger charge is 2.14. The van der Waals surface area contributed by atoms with E-state index in [4.69, 9.17) is 9.47 Å². The van der Waals surface area contributed by atoms with Gasteiger partial charge in [-0.05, 0) is 19.3 Å². The number of nitrogens with zero attached hydrogens (tertiary/aromatic N) is 4. The van der Waals surface area contributed by atoms with Gasteiger partial charge in [-0.3, -0.25) is 4.99 Å². The standard InChI is InChI=1S/C17H32N6O2.HI/c1-18-17(19-9-6-12-25-14-13-24-2)20-10-8-16-22-21-15-7-4-3-5-11-23(15)16;/h3-14H2,1-2H3,(H2,18,19,20);1H. The first-order valence-corrected chi connectivity index (χ1v) is 9.27. The van der Waals surface area contributed by atoms with E-state index < -0.39 is 0 Å². The number of hydrogen-bond acceptors (Lipinski definition) is 5. The van der Waals surface area contributed by atoms with Crippen LogP contribution in [0.25, 0.3) is 0 Å². The molecule has 0 spiro atoms. The van der Waals surface area contributed by atoms with Crippen molar-refractivity contribution in [3.63, 3.8) is 0 Å². The number of hydrogen-bond donors (Lipinski definition) is 2. The molecule has 1 aliphatic rings. The van der Waals surface area contributed by atoms with Crippen LogP contribution in [0.3, 0.4) is 0 Å². The van der Waals surface area contributed by atoms with Crippen LogP contribution in [0.15, 0.2) is 4.99 Å². The molecule has 1 aromatic heterocycles. The van der Waals surface area contributed by atoms with Crippen LogP contribution < -0.4 is 10.6 Å². The van der Waals surface area contributed by atoms with E-state index in [0.717, 1.165) is 63.1 Å². The van der Waals surface area contributed by atoms with Crippen LogP contribution in [0, 0.1) is 0 Å². The summed E-state index contributed by atoms with van der Waals surface area (Å²) in [6.07, 6.45) is 6.57. The summed E-state index contributed by atoms with van der Waals surface area (Å²) >= 11 is 0. The third-order valence-corrected chi connectivity index (χ3v) is 4.24. The monoisotopic (exact) mass is 480 g/mol.